The molecule has 1 aromatic carbocycles. The van der Waals surface area contributed by atoms with Crippen LogP contribution in [0.4, 0.5) is 11.5 Å². The van der Waals surface area contributed by atoms with Crippen molar-refractivity contribution < 1.29 is 0 Å². The number of nitrogens with two attached hydrogens (primary N) is 2. The van der Waals surface area contributed by atoms with Gasteiger partial charge in [-0.2, -0.15) is 0 Å². The number of hydrogen-bond acceptors (Lipinski definition) is 4. The minimum atomic E-state index is 0.504. The van der Waals surface area contributed by atoms with Gasteiger partial charge in [0.2, 0.25) is 0 Å². The number of fused-ring (bicyclic) bond motifs is 1. The Labute approximate surface area is 110 Å². The normalized spacial score (nSPS) is 11.0. The quantitative estimate of drug-likeness (QED) is 0.686. The van der Waals surface area contributed by atoms with Crippen LogP contribution in [0, 0.1) is 0 Å². The SMILES string of the molecule is CCn1cc(-c2ccc(N)cc2)c2c(N)ncnc21. The summed E-state index contributed by atoms with van der Waals surface area (Å²) in [6.45, 7) is 2.91. The highest BCUT2D eigenvalue weighted by atomic mass is 15.1. The van der Waals surface area contributed by atoms with Gasteiger partial charge in [0, 0.05) is 24.0 Å². The molecule has 0 bridgehead atoms. The Morgan fingerprint density at radius 3 is 2.53 bits per heavy atom. The fraction of sp³-hybridized carbons (Fsp3) is 0.143. The number of nitrogens with zero attached hydrogens (tertiary/aromatic N) is 3. The largest absolute Gasteiger partial charge is 0.399 e. The minimum absolute atomic E-state index is 0.504. The van der Waals surface area contributed by atoms with Crippen molar-refractivity contribution in [3.63, 3.8) is 0 Å². The van der Waals surface area contributed by atoms with Crippen LogP contribution in [0.1, 0.15) is 6.92 Å². The summed E-state index contributed by atoms with van der Waals surface area (Å²) in [6.07, 6.45) is 3.55. The van der Waals surface area contributed by atoms with Gasteiger partial charge in [-0.15, -0.1) is 0 Å². The average Bonchev–Trinajstić information content (AvgIpc) is 2.80. The van der Waals surface area contributed by atoms with E-state index in [-0.39, 0.29) is 0 Å². The van der Waals surface area contributed by atoms with E-state index in [4.69, 9.17) is 11.5 Å². The number of nitrogen functional groups attached to an aromatic ring is 2. The molecule has 2 aromatic heterocycles. The van der Waals surface area contributed by atoms with Gasteiger partial charge in [0.25, 0.3) is 0 Å². The second-order valence-electron chi connectivity index (χ2n) is 4.41. The van der Waals surface area contributed by atoms with Crippen molar-refractivity contribution in [2.45, 2.75) is 13.5 Å². The summed E-state index contributed by atoms with van der Waals surface area (Å²) in [5.74, 6) is 0.504. The molecule has 0 spiro atoms. The molecule has 0 amide bonds. The van der Waals surface area contributed by atoms with Crippen LogP contribution in [-0.4, -0.2) is 14.5 Å². The van der Waals surface area contributed by atoms with E-state index in [0.717, 1.165) is 34.4 Å². The second kappa shape index (κ2) is 4.28. The molecule has 5 nitrogen and oxygen atoms in total. The summed E-state index contributed by atoms with van der Waals surface area (Å²) in [6, 6.07) is 7.72. The van der Waals surface area contributed by atoms with Gasteiger partial charge in [-0.1, -0.05) is 12.1 Å². The first-order chi connectivity index (χ1) is 9.20. The van der Waals surface area contributed by atoms with Gasteiger partial charge >= 0.3 is 0 Å². The molecule has 0 aliphatic rings. The third-order valence-electron chi connectivity index (χ3n) is 3.25. The van der Waals surface area contributed by atoms with E-state index in [2.05, 4.69) is 27.7 Å². The first kappa shape index (κ1) is 11.5. The topological polar surface area (TPSA) is 82.8 Å². The molecule has 0 unspecified atom stereocenters. The summed E-state index contributed by atoms with van der Waals surface area (Å²) in [7, 11) is 0. The molecule has 3 rings (SSSR count). The third kappa shape index (κ3) is 1.79. The van der Waals surface area contributed by atoms with Crippen molar-refractivity contribution in [2.24, 2.45) is 0 Å². The molecular formula is C14H15N5. The van der Waals surface area contributed by atoms with E-state index < -0.39 is 0 Å². The summed E-state index contributed by atoms with van der Waals surface area (Å²) < 4.78 is 2.07. The zero-order valence-corrected chi connectivity index (χ0v) is 10.7. The number of aromatic nitrogens is 3. The van der Waals surface area contributed by atoms with Crippen LogP contribution in [0.3, 0.4) is 0 Å². The Balaban J connectivity index is 2.32. The average molecular weight is 253 g/mol. The fourth-order valence-electron chi connectivity index (χ4n) is 2.27. The maximum atomic E-state index is 6.00. The van der Waals surface area contributed by atoms with Crippen LogP contribution in [0.15, 0.2) is 36.8 Å². The van der Waals surface area contributed by atoms with Crippen molar-refractivity contribution >= 4 is 22.5 Å². The van der Waals surface area contributed by atoms with Crippen molar-refractivity contribution in [1.29, 1.82) is 0 Å². The maximum Gasteiger partial charge on any atom is 0.146 e. The van der Waals surface area contributed by atoms with Crippen molar-refractivity contribution in [3.05, 3.63) is 36.8 Å². The Morgan fingerprint density at radius 2 is 1.84 bits per heavy atom. The molecule has 0 fully saturated rings. The zero-order chi connectivity index (χ0) is 13.4. The first-order valence-corrected chi connectivity index (χ1v) is 6.16. The lowest BCUT2D eigenvalue weighted by Gasteiger charge is -2.01. The van der Waals surface area contributed by atoms with Gasteiger partial charge < -0.3 is 16.0 Å². The molecule has 0 atom stereocenters. The fourth-order valence-corrected chi connectivity index (χ4v) is 2.27. The summed E-state index contributed by atoms with van der Waals surface area (Å²) in [4.78, 5) is 8.41. The van der Waals surface area contributed by atoms with Gasteiger partial charge in [0.15, 0.2) is 0 Å². The standard InChI is InChI=1S/C14H15N5/c1-2-19-7-11(9-3-5-10(15)6-4-9)12-13(16)17-8-18-14(12)19/h3-8H,2,15H2,1H3,(H2,16,17,18). The van der Waals surface area contributed by atoms with Gasteiger partial charge in [0.1, 0.15) is 17.8 Å². The first-order valence-electron chi connectivity index (χ1n) is 6.16. The van der Waals surface area contributed by atoms with E-state index in [0.29, 0.717) is 5.82 Å². The Morgan fingerprint density at radius 1 is 1.11 bits per heavy atom. The summed E-state index contributed by atoms with van der Waals surface area (Å²) in [5.41, 5.74) is 15.4. The van der Waals surface area contributed by atoms with E-state index in [1.54, 1.807) is 0 Å². The van der Waals surface area contributed by atoms with Gasteiger partial charge in [-0.3, -0.25) is 0 Å². The lowest BCUT2D eigenvalue weighted by molar-refractivity contribution is 0.787. The summed E-state index contributed by atoms with van der Waals surface area (Å²) >= 11 is 0. The molecule has 0 saturated carbocycles. The molecule has 0 radical (unpaired) electrons. The number of benzene rings is 1. The van der Waals surface area contributed by atoms with Crippen molar-refractivity contribution in [1.82, 2.24) is 14.5 Å². The lowest BCUT2D eigenvalue weighted by Crippen LogP contribution is -1.96. The van der Waals surface area contributed by atoms with Crippen LogP contribution in [0.25, 0.3) is 22.2 Å². The second-order valence-corrected chi connectivity index (χ2v) is 4.41. The van der Waals surface area contributed by atoms with E-state index >= 15 is 0 Å². The molecule has 4 N–H and O–H groups in total. The molecule has 5 heteroatoms. The number of anilines is 2. The van der Waals surface area contributed by atoms with Gasteiger partial charge in [0.05, 0.1) is 5.39 Å². The molecule has 0 aliphatic carbocycles. The smallest absolute Gasteiger partial charge is 0.146 e. The molecule has 3 aromatic rings. The van der Waals surface area contributed by atoms with Gasteiger partial charge in [-0.25, -0.2) is 9.97 Å². The highest BCUT2D eigenvalue weighted by Crippen LogP contribution is 2.32. The minimum Gasteiger partial charge on any atom is -0.399 e. The molecule has 0 aliphatic heterocycles. The van der Waals surface area contributed by atoms with Crippen molar-refractivity contribution in [3.8, 4) is 11.1 Å². The molecule has 96 valence electrons. The van der Waals surface area contributed by atoms with Crippen LogP contribution in [0.2, 0.25) is 0 Å². The number of hydrogen-bond donors (Lipinski definition) is 2. The van der Waals surface area contributed by atoms with Crippen molar-refractivity contribution in [2.75, 3.05) is 11.5 Å². The van der Waals surface area contributed by atoms with E-state index in [1.165, 1.54) is 6.33 Å². The van der Waals surface area contributed by atoms with Gasteiger partial charge in [-0.05, 0) is 24.6 Å². The van der Waals surface area contributed by atoms with E-state index in [9.17, 15) is 0 Å². The van der Waals surface area contributed by atoms with Crippen LogP contribution >= 0.6 is 0 Å². The molecule has 2 heterocycles. The molecule has 0 saturated heterocycles. The summed E-state index contributed by atoms with van der Waals surface area (Å²) in [5, 5.41) is 0.897. The Kier molecular flexibility index (Phi) is 2.59. The third-order valence-corrected chi connectivity index (χ3v) is 3.25. The highest BCUT2D eigenvalue weighted by Gasteiger charge is 2.13. The monoisotopic (exact) mass is 253 g/mol. The van der Waals surface area contributed by atoms with Crippen LogP contribution < -0.4 is 11.5 Å². The van der Waals surface area contributed by atoms with Crippen LogP contribution in [0.5, 0.6) is 0 Å². The Hall–Kier alpha value is -2.56. The zero-order valence-electron chi connectivity index (χ0n) is 10.7. The maximum absolute atomic E-state index is 6.00. The molecule has 19 heavy (non-hydrogen) atoms. The number of aryl methyl sites for hydroxylation is 1. The molecular weight excluding hydrogens is 238 g/mol. The predicted octanol–water partition coefficient (Wildman–Crippen LogP) is 2.28. The van der Waals surface area contributed by atoms with E-state index in [1.807, 2.05) is 24.3 Å². The number of rotatable bonds is 2. The lowest BCUT2D eigenvalue weighted by atomic mass is 10.1. The highest BCUT2D eigenvalue weighted by molar-refractivity contribution is 6.00. The van der Waals surface area contributed by atoms with Crippen LogP contribution in [-0.2, 0) is 6.54 Å². The Bertz CT molecular complexity index is 727. The predicted molar refractivity (Wildman–Crippen MR) is 77.5 cm³/mol.